The maximum absolute atomic E-state index is 7.83. The minimum Gasteiger partial charge on any atom is -0.194 e. The predicted octanol–water partition coefficient (Wildman–Crippen LogP) is 0.748. The highest BCUT2D eigenvalue weighted by Crippen LogP contribution is 1.82. The molecule has 0 saturated carbocycles. The normalized spacial score (nSPS) is 6.33. The standard InChI is InChI=1S/H2N4OS/c1-2-3-4(5)6/h5-6H. The molecule has 6 heavy (non-hydrogen) atoms. The number of thiol groups is 1. The summed E-state index contributed by atoms with van der Waals surface area (Å²) >= 11 is 3.15. The van der Waals surface area contributed by atoms with Gasteiger partial charge in [0.2, 0.25) is 0 Å². The average Bonchev–Trinajstić information content (AvgIpc) is 1.35. The van der Waals surface area contributed by atoms with Crippen molar-refractivity contribution in [3.63, 3.8) is 0 Å². The highest BCUT2D eigenvalue weighted by molar-refractivity contribution is 7.77. The van der Waals surface area contributed by atoms with Gasteiger partial charge in [-0.05, 0) is 4.58 Å². The van der Waals surface area contributed by atoms with Gasteiger partial charge in [0, 0.05) is 5.22 Å². The molecule has 0 aromatic rings. The van der Waals surface area contributed by atoms with Crippen LogP contribution < -0.4 is 0 Å². The molecule has 0 saturated heterocycles. The molecule has 34 valence electrons. The maximum Gasteiger partial charge on any atom is 0.0830 e. The summed E-state index contributed by atoms with van der Waals surface area (Å²) < 4.78 is 0.0833. The third-order valence-corrected chi connectivity index (χ3v) is 0.200. The number of hydrogen-bond acceptors (Lipinski definition) is 3. The van der Waals surface area contributed by atoms with Crippen LogP contribution in [0, 0.1) is 0 Å². The first-order valence-corrected chi connectivity index (χ1v) is 1.40. The molecule has 0 aromatic heterocycles. The summed E-state index contributed by atoms with van der Waals surface area (Å²) in [7, 11) is 0. The van der Waals surface area contributed by atoms with E-state index in [9.17, 15) is 0 Å². The zero-order valence-electron chi connectivity index (χ0n) is 2.68. The lowest BCUT2D eigenvalue weighted by Gasteiger charge is -1.84. The first-order chi connectivity index (χ1) is 2.77. The van der Waals surface area contributed by atoms with E-state index in [1.807, 2.05) is 0 Å². The highest BCUT2D eigenvalue weighted by Gasteiger charge is 1.76. The second-order valence-electron chi connectivity index (χ2n) is 0.447. The van der Waals surface area contributed by atoms with E-state index in [4.69, 9.17) is 10.7 Å². The van der Waals surface area contributed by atoms with Crippen molar-refractivity contribution in [1.29, 1.82) is 0 Å². The molecule has 1 N–H and O–H groups in total. The molecule has 0 fully saturated rings. The van der Waals surface area contributed by atoms with Crippen LogP contribution in [0.3, 0.4) is 0 Å². The van der Waals surface area contributed by atoms with Crippen LogP contribution in [0.1, 0.15) is 0 Å². The lowest BCUT2D eigenvalue weighted by molar-refractivity contribution is 0.0200. The van der Waals surface area contributed by atoms with Gasteiger partial charge in [-0.15, -0.1) is 5.53 Å². The van der Waals surface area contributed by atoms with Crippen molar-refractivity contribution in [3.05, 3.63) is 10.4 Å². The van der Waals surface area contributed by atoms with E-state index in [2.05, 4.69) is 22.9 Å². The van der Waals surface area contributed by atoms with Crippen LogP contribution in [0.4, 0.5) is 0 Å². The van der Waals surface area contributed by atoms with E-state index in [0.29, 0.717) is 0 Å². The molecule has 6 heteroatoms. The van der Waals surface area contributed by atoms with Gasteiger partial charge in [0.05, 0.1) is 12.8 Å². The maximum atomic E-state index is 7.83. The zero-order chi connectivity index (χ0) is 4.99. The smallest absolute Gasteiger partial charge is 0.0830 e. The van der Waals surface area contributed by atoms with E-state index < -0.39 is 0 Å². The van der Waals surface area contributed by atoms with Gasteiger partial charge in [0.15, 0.2) is 0 Å². The highest BCUT2D eigenvalue weighted by atomic mass is 32.1. The van der Waals surface area contributed by atoms with Gasteiger partial charge in [0.25, 0.3) is 0 Å². The molecule has 5 nitrogen and oxygen atoms in total. The first kappa shape index (κ1) is 5.42. The summed E-state index contributed by atoms with van der Waals surface area (Å²) in [6.45, 7) is 0. The Labute approximate surface area is 39.3 Å². The second kappa shape index (κ2) is 2.65. The molecule has 0 rings (SSSR count). The molecule has 0 heterocycles. The van der Waals surface area contributed by atoms with E-state index in [1.165, 1.54) is 0 Å². The van der Waals surface area contributed by atoms with Crippen molar-refractivity contribution in [1.82, 2.24) is 4.58 Å². The first-order valence-electron chi connectivity index (χ1n) is 1.000. The number of azide groups is 1. The fourth-order valence-electron chi connectivity index (χ4n) is 0.0358. The molecule has 0 aliphatic rings. The van der Waals surface area contributed by atoms with Crippen molar-refractivity contribution in [2.45, 2.75) is 0 Å². The minimum atomic E-state index is 0.0833. The summed E-state index contributed by atoms with van der Waals surface area (Å²) in [4.78, 5) is 2.16. The Morgan fingerprint density at radius 2 is 2.50 bits per heavy atom. The molecule has 0 unspecified atom stereocenters. The van der Waals surface area contributed by atoms with E-state index in [1.54, 1.807) is 0 Å². The van der Waals surface area contributed by atoms with Crippen molar-refractivity contribution in [3.8, 4) is 0 Å². The van der Waals surface area contributed by atoms with E-state index in [-0.39, 0.29) is 4.58 Å². The van der Waals surface area contributed by atoms with Crippen LogP contribution in [0.15, 0.2) is 5.22 Å². The Morgan fingerprint density at radius 1 is 2.00 bits per heavy atom. The van der Waals surface area contributed by atoms with Crippen LogP contribution in [0.25, 0.3) is 10.4 Å². The molecule has 0 aliphatic heterocycles. The van der Waals surface area contributed by atoms with Gasteiger partial charge < -0.3 is 0 Å². The molecule has 0 atom stereocenters. The number of rotatable bonds is 1. The molecule has 0 spiro atoms. The van der Waals surface area contributed by atoms with E-state index in [0.717, 1.165) is 0 Å². The Bertz CT molecular complexity index is 71.6. The fourth-order valence-corrected chi connectivity index (χ4v) is 0.0716. The Kier molecular flexibility index (Phi) is 2.39. The molecule has 0 aliphatic carbocycles. The SMILES string of the molecule is [N-]=[N+]=NN(O)S. The zero-order valence-corrected chi connectivity index (χ0v) is 3.58. The molecule has 0 amide bonds. The third-order valence-electron chi connectivity index (χ3n) is 0.120. The number of hydrogen-bond donors (Lipinski definition) is 2. The van der Waals surface area contributed by atoms with Crippen molar-refractivity contribution >= 4 is 12.8 Å². The molecule has 0 radical (unpaired) electrons. The molecular formula is H2N4OS. The largest absolute Gasteiger partial charge is 0.194 e. The summed E-state index contributed by atoms with van der Waals surface area (Å²) in [5.74, 6) is 0. The fraction of sp³-hybridized carbons (Fsp3) is 0. The van der Waals surface area contributed by atoms with Gasteiger partial charge in [-0.2, -0.15) is 10.1 Å². The average molecular weight is 106 g/mol. The van der Waals surface area contributed by atoms with Gasteiger partial charge in [-0.3, -0.25) is 0 Å². The third kappa shape index (κ3) is 3.42. The minimum absolute atomic E-state index is 0.0833. The second-order valence-corrected chi connectivity index (χ2v) is 0.805. The topological polar surface area (TPSA) is 72.2 Å². The Balaban J connectivity index is 3.29. The summed E-state index contributed by atoms with van der Waals surface area (Å²) in [5.41, 5.74) is 7.44. The number of nitrogens with zero attached hydrogens (tertiary/aromatic N) is 4. The summed E-state index contributed by atoms with van der Waals surface area (Å²) in [6.07, 6.45) is 0. The van der Waals surface area contributed by atoms with Gasteiger partial charge in [-0.1, -0.05) is 0 Å². The molecular weight excluding hydrogens is 104 g/mol. The quantitative estimate of drug-likeness (QED) is 0.170. The van der Waals surface area contributed by atoms with Crippen LogP contribution in [0.5, 0.6) is 0 Å². The van der Waals surface area contributed by atoms with Crippen LogP contribution in [-0.2, 0) is 0 Å². The Morgan fingerprint density at radius 3 is 2.50 bits per heavy atom. The lowest BCUT2D eigenvalue weighted by Crippen LogP contribution is -1.89. The van der Waals surface area contributed by atoms with Crippen LogP contribution in [0.2, 0.25) is 0 Å². The van der Waals surface area contributed by atoms with Crippen molar-refractivity contribution in [2.24, 2.45) is 5.22 Å². The Hall–Kier alpha value is -0.580. The van der Waals surface area contributed by atoms with Crippen LogP contribution in [-0.4, -0.2) is 9.78 Å². The lowest BCUT2D eigenvalue weighted by atomic mass is 12.6. The van der Waals surface area contributed by atoms with Gasteiger partial charge in [-0.25, -0.2) is 0 Å². The molecule has 0 bridgehead atoms. The summed E-state index contributed by atoms with van der Waals surface area (Å²) in [6, 6.07) is 0. The predicted molar refractivity (Wildman–Crippen MR) is 21.8 cm³/mol. The van der Waals surface area contributed by atoms with Crippen LogP contribution >= 0.6 is 12.8 Å². The van der Waals surface area contributed by atoms with Crippen molar-refractivity contribution < 1.29 is 5.21 Å². The van der Waals surface area contributed by atoms with Gasteiger partial charge in [0.1, 0.15) is 0 Å². The monoisotopic (exact) mass is 106 g/mol. The molecule has 0 aromatic carbocycles. The van der Waals surface area contributed by atoms with Crippen molar-refractivity contribution in [2.75, 3.05) is 0 Å². The summed E-state index contributed by atoms with van der Waals surface area (Å²) in [5, 5.41) is 10.4. The van der Waals surface area contributed by atoms with E-state index >= 15 is 0 Å². The van der Waals surface area contributed by atoms with Gasteiger partial charge >= 0.3 is 0 Å².